The maximum atomic E-state index is 10.9. The van der Waals surface area contributed by atoms with Gasteiger partial charge in [-0.15, -0.1) is 0 Å². The van der Waals surface area contributed by atoms with E-state index in [1.807, 2.05) is 24.3 Å². The van der Waals surface area contributed by atoms with E-state index in [0.29, 0.717) is 13.2 Å². The Hall–Kier alpha value is -1.75. The summed E-state index contributed by atoms with van der Waals surface area (Å²) in [6.45, 7) is 7.98. The van der Waals surface area contributed by atoms with Crippen molar-refractivity contribution in [2.24, 2.45) is 0 Å². The predicted molar refractivity (Wildman–Crippen MR) is 76.8 cm³/mol. The summed E-state index contributed by atoms with van der Waals surface area (Å²) in [7, 11) is 0. The van der Waals surface area contributed by atoms with Crippen LogP contribution in [0.25, 0.3) is 0 Å². The van der Waals surface area contributed by atoms with Gasteiger partial charge in [0.1, 0.15) is 12.4 Å². The summed E-state index contributed by atoms with van der Waals surface area (Å²) in [5.41, 5.74) is 1.15. The number of hydrogen-bond acceptors (Lipinski definition) is 4. The van der Waals surface area contributed by atoms with E-state index in [1.165, 1.54) is 0 Å². The van der Waals surface area contributed by atoms with Crippen molar-refractivity contribution in [2.75, 3.05) is 13.2 Å². The number of benzene rings is 1. The Bertz CT molecular complexity index is 468. The first-order valence-corrected chi connectivity index (χ1v) is 6.84. The van der Waals surface area contributed by atoms with Crippen molar-refractivity contribution in [3.63, 3.8) is 0 Å². The highest BCUT2D eigenvalue weighted by Gasteiger charge is 2.23. The summed E-state index contributed by atoms with van der Waals surface area (Å²) in [6.07, 6.45) is -0.590. The highest BCUT2D eigenvalue weighted by molar-refractivity contribution is 5.69. The van der Waals surface area contributed by atoms with Crippen molar-refractivity contribution in [2.45, 2.75) is 39.0 Å². The van der Waals surface area contributed by atoms with Crippen LogP contribution in [0, 0.1) is 0 Å². The third-order valence-electron chi connectivity index (χ3n) is 2.95. The number of ether oxygens (including phenoxy) is 2. The molecule has 110 valence electrons. The molecule has 1 fully saturated rings. The van der Waals surface area contributed by atoms with Crippen molar-refractivity contribution < 1.29 is 14.3 Å². The lowest BCUT2D eigenvalue weighted by Crippen LogP contribution is -2.35. The van der Waals surface area contributed by atoms with Crippen LogP contribution in [0.15, 0.2) is 24.3 Å². The van der Waals surface area contributed by atoms with E-state index >= 15 is 0 Å². The normalized spacial score (nSPS) is 18.6. The van der Waals surface area contributed by atoms with Gasteiger partial charge in [-0.25, -0.2) is 4.79 Å². The lowest BCUT2D eigenvalue weighted by atomic mass is 10.1. The van der Waals surface area contributed by atoms with E-state index in [9.17, 15) is 4.79 Å². The SMILES string of the molecule is CC(C)(C)NCc1ccccc1OCC1CNC(=O)O1. The van der Waals surface area contributed by atoms with Gasteiger partial charge in [-0.2, -0.15) is 0 Å². The smallest absolute Gasteiger partial charge is 0.407 e. The lowest BCUT2D eigenvalue weighted by Gasteiger charge is -2.22. The standard InChI is InChI=1S/C15H22N2O3/c1-15(2,3)17-8-11-6-4-5-7-13(11)19-10-12-9-16-14(18)20-12/h4-7,12,17H,8-10H2,1-3H3,(H,16,18). The van der Waals surface area contributed by atoms with Crippen LogP contribution in [0.2, 0.25) is 0 Å². The fourth-order valence-electron chi connectivity index (χ4n) is 1.86. The van der Waals surface area contributed by atoms with Gasteiger partial charge in [0.2, 0.25) is 0 Å². The number of carbonyl (C=O) groups is 1. The maximum Gasteiger partial charge on any atom is 0.407 e. The van der Waals surface area contributed by atoms with Crippen LogP contribution in [0.3, 0.4) is 0 Å². The number of alkyl carbamates (subject to hydrolysis) is 1. The van der Waals surface area contributed by atoms with Crippen molar-refractivity contribution >= 4 is 6.09 Å². The lowest BCUT2D eigenvalue weighted by molar-refractivity contribution is 0.104. The van der Waals surface area contributed by atoms with E-state index in [0.717, 1.165) is 17.9 Å². The summed E-state index contributed by atoms with van der Waals surface area (Å²) in [5.74, 6) is 0.826. The van der Waals surface area contributed by atoms with Crippen LogP contribution in [-0.2, 0) is 11.3 Å². The van der Waals surface area contributed by atoms with Gasteiger partial charge in [-0.05, 0) is 26.8 Å². The maximum absolute atomic E-state index is 10.9. The van der Waals surface area contributed by atoms with Gasteiger partial charge >= 0.3 is 6.09 Å². The average Bonchev–Trinajstić information content (AvgIpc) is 2.80. The monoisotopic (exact) mass is 278 g/mol. The van der Waals surface area contributed by atoms with Crippen LogP contribution in [0.1, 0.15) is 26.3 Å². The number of carbonyl (C=O) groups excluding carboxylic acids is 1. The molecule has 1 aliphatic rings. The number of rotatable bonds is 5. The largest absolute Gasteiger partial charge is 0.489 e. The zero-order valence-electron chi connectivity index (χ0n) is 12.2. The van der Waals surface area contributed by atoms with Gasteiger partial charge in [0.25, 0.3) is 0 Å². The quantitative estimate of drug-likeness (QED) is 0.865. The van der Waals surface area contributed by atoms with Crippen molar-refractivity contribution in [3.8, 4) is 5.75 Å². The fourth-order valence-corrected chi connectivity index (χ4v) is 1.86. The summed E-state index contributed by atoms with van der Waals surface area (Å²) in [5, 5.41) is 6.05. The third kappa shape index (κ3) is 4.42. The molecule has 1 amide bonds. The van der Waals surface area contributed by atoms with E-state index < -0.39 is 0 Å². The third-order valence-corrected chi connectivity index (χ3v) is 2.95. The van der Waals surface area contributed by atoms with Crippen molar-refractivity contribution in [1.29, 1.82) is 0 Å². The Labute approximate surface area is 119 Å². The van der Waals surface area contributed by atoms with E-state index in [-0.39, 0.29) is 17.7 Å². The number of hydrogen-bond donors (Lipinski definition) is 2. The molecule has 1 atom stereocenters. The Balaban J connectivity index is 1.92. The van der Waals surface area contributed by atoms with Gasteiger partial charge in [-0.1, -0.05) is 18.2 Å². The molecule has 1 saturated heterocycles. The van der Waals surface area contributed by atoms with Crippen molar-refractivity contribution in [3.05, 3.63) is 29.8 Å². The second-order valence-corrected chi connectivity index (χ2v) is 5.93. The first-order chi connectivity index (χ1) is 9.44. The van der Waals surface area contributed by atoms with E-state index in [1.54, 1.807) is 0 Å². The van der Waals surface area contributed by atoms with Gasteiger partial charge < -0.3 is 20.1 Å². The molecule has 1 unspecified atom stereocenters. The molecular weight excluding hydrogens is 256 g/mol. The Morgan fingerprint density at radius 2 is 2.15 bits per heavy atom. The molecular formula is C15H22N2O3. The number of amides is 1. The number of nitrogens with one attached hydrogen (secondary N) is 2. The fraction of sp³-hybridized carbons (Fsp3) is 0.533. The summed E-state index contributed by atoms with van der Waals surface area (Å²) < 4.78 is 10.8. The Kier molecular flexibility index (Phi) is 4.49. The van der Waals surface area contributed by atoms with Crippen LogP contribution in [-0.4, -0.2) is 30.9 Å². The Morgan fingerprint density at radius 3 is 2.80 bits per heavy atom. The zero-order valence-corrected chi connectivity index (χ0v) is 12.2. The molecule has 1 aliphatic heterocycles. The van der Waals surface area contributed by atoms with Gasteiger partial charge in [0.05, 0.1) is 6.54 Å². The molecule has 0 aromatic heterocycles. The molecule has 0 saturated carbocycles. The minimum absolute atomic E-state index is 0.0536. The Morgan fingerprint density at radius 1 is 1.40 bits per heavy atom. The molecule has 5 nitrogen and oxygen atoms in total. The molecule has 5 heteroatoms. The topological polar surface area (TPSA) is 59.6 Å². The van der Waals surface area contributed by atoms with Gasteiger partial charge in [0, 0.05) is 17.6 Å². The van der Waals surface area contributed by atoms with Crippen molar-refractivity contribution in [1.82, 2.24) is 10.6 Å². The molecule has 20 heavy (non-hydrogen) atoms. The number of cyclic esters (lactones) is 1. The molecule has 2 rings (SSSR count). The van der Waals surface area contributed by atoms with E-state index in [4.69, 9.17) is 9.47 Å². The molecule has 0 aliphatic carbocycles. The first-order valence-electron chi connectivity index (χ1n) is 6.84. The van der Waals surface area contributed by atoms with Crippen LogP contribution in [0.4, 0.5) is 4.79 Å². The van der Waals surface area contributed by atoms with Crippen LogP contribution in [0.5, 0.6) is 5.75 Å². The first kappa shape index (κ1) is 14.7. The highest BCUT2D eigenvalue weighted by Crippen LogP contribution is 2.19. The molecule has 0 bridgehead atoms. The molecule has 2 N–H and O–H groups in total. The molecule has 0 spiro atoms. The number of para-hydroxylation sites is 1. The molecule has 1 heterocycles. The molecule has 1 aromatic carbocycles. The van der Waals surface area contributed by atoms with Gasteiger partial charge in [-0.3, -0.25) is 0 Å². The summed E-state index contributed by atoms with van der Waals surface area (Å²) in [6, 6.07) is 7.90. The highest BCUT2D eigenvalue weighted by atomic mass is 16.6. The minimum Gasteiger partial charge on any atom is -0.489 e. The van der Waals surface area contributed by atoms with Crippen LogP contribution < -0.4 is 15.4 Å². The average molecular weight is 278 g/mol. The van der Waals surface area contributed by atoms with Gasteiger partial charge in [0.15, 0.2) is 6.10 Å². The molecule has 1 aromatic rings. The summed E-state index contributed by atoms with van der Waals surface area (Å²) >= 11 is 0. The van der Waals surface area contributed by atoms with Crippen LogP contribution >= 0.6 is 0 Å². The minimum atomic E-state index is -0.374. The summed E-state index contributed by atoms with van der Waals surface area (Å²) in [4.78, 5) is 10.9. The molecule has 0 radical (unpaired) electrons. The predicted octanol–water partition coefficient (Wildman–Crippen LogP) is 2.06. The zero-order chi connectivity index (χ0) is 14.6. The second kappa shape index (κ2) is 6.13. The second-order valence-electron chi connectivity index (χ2n) is 5.93. The van der Waals surface area contributed by atoms with E-state index in [2.05, 4.69) is 31.4 Å².